The zero-order valence-corrected chi connectivity index (χ0v) is 45.7. The molecule has 0 unspecified atom stereocenters. The molecule has 432 valence electrons. The van der Waals surface area contributed by atoms with Gasteiger partial charge in [-0.25, -0.2) is 9.59 Å². The fraction of sp³-hybridized carbons (Fsp3) is 0.818. The van der Waals surface area contributed by atoms with Crippen molar-refractivity contribution in [2.24, 2.45) is 11.8 Å². The summed E-state index contributed by atoms with van der Waals surface area (Å²) in [6.45, 7) is 6.58. The van der Waals surface area contributed by atoms with E-state index in [0.29, 0.717) is 38.6 Å². The standard InChI is InChI=1S/C55H95N3O17/c1-4-5-6-7-8-9-10-11-12-13-14-15-16-17-25-51(64)57-48(54(68)69)28-27-45(60)23-20-33-72-35-37-74-40-46(61)24-21-34-73-36-38-75-41-47(62)39-44(53(66)67)26-30-52(65)58-49(55(70)71)29-31-50(63)56-32-19-18-22-42(2)43(3)59/h42,44,48-49H,4-41H2,1-3H3,(H,56,63)(H,57,64)(H,58,65)(H,66,67)(H,68,69)(H,70,71)/t42-,44+,48-,49-/m0/s1. The summed E-state index contributed by atoms with van der Waals surface area (Å²) in [4.78, 5) is 120. The van der Waals surface area contributed by atoms with Crippen LogP contribution in [-0.4, -0.2) is 146 Å². The van der Waals surface area contributed by atoms with Crippen molar-refractivity contribution in [3.63, 3.8) is 0 Å². The van der Waals surface area contributed by atoms with Crippen LogP contribution >= 0.6 is 0 Å². The maximum atomic E-state index is 12.5. The van der Waals surface area contributed by atoms with Crippen LogP contribution in [0.5, 0.6) is 0 Å². The molecule has 0 saturated carbocycles. The van der Waals surface area contributed by atoms with E-state index in [4.69, 9.17) is 18.9 Å². The number of aliphatic carboxylic acids is 3. The number of amides is 3. The zero-order valence-electron chi connectivity index (χ0n) is 45.7. The molecule has 20 nitrogen and oxygen atoms in total. The summed E-state index contributed by atoms with van der Waals surface area (Å²) in [6, 6.07) is -2.47. The lowest BCUT2D eigenvalue weighted by molar-refractivity contribution is -0.145. The van der Waals surface area contributed by atoms with E-state index in [-0.39, 0.29) is 146 Å². The zero-order chi connectivity index (χ0) is 55.9. The molecule has 0 aromatic heterocycles. The predicted octanol–water partition coefficient (Wildman–Crippen LogP) is 7.27. The average Bonchev–Trinajstić information content (AvgIpc) is 3.36. The number of unbranched alkanes of at least 4 members (excludes halogenated alkanes) is 14. The number of carboxylic acid groups (broad SMARTS) is 3. The summed E-state index contributed by atoms with van der Waals surface area (Å²) in [5.74, 6) is -7.15. The fourth-order valence-corrected chi connectivity index (χ4v) is 7.91. The Kier molecular flexibility index (Phi) is 44.8. The highest BCUT2D eigenvalue weighted by Crippen LogP contribution is 2.16. The molecule has 0 saturated heterocycles. The summed E-state index contributed by atoms with van der Waals surface area (Å²) in [5.41, 5.74) is 0. The van der Waals surface area contributed by atoms with Gasteiger partial charge in [-0.3, -0.25) is 38.4 Å². The van der Waals surface area contributed by atoms with E-state index in [9.17, 15) is 63.3 Å². The molecule has 0 aliphatic heterocycles. The van der Waals surface area contributed by atoms with Gasteiger partial charge in [0.2, 0.25) is 17.7 Å². The Balaban J connectivity index is 3.98. The van der Waals surface area contributed by atoms with Gasteiger partial charge in [0.15, 0.2) is 11.6 Å². The first kappa shape index (κ1) is 70.3. The van der Waals surface area contributed by atoms with Gasteiger partial charge < -0.3 is 50.2 Å². The van der Waals surface area contributed by atoms with Gasteiger partial charge >= 0.3 is 17.9 Å². The normalized spacial score (nSPS) is 12.8. The maximum Gasteiger partial charge on any atom is 0.326 e. The molecule has 0 radical (unpaired) electrons. The molecule has 0 aliphatic rings. The van der Waals surface area contributed by atoms with Gasteiger partial charge in [0.05, 0.1) is 32.3 Å². The monoisotopic (exact) mass is 1070 g/mol. The van der Waals surface area contributed by atoms with Crippen LogP contribution in [0.25, 0.3) is 0 Å². The molecule has 0 spiro atoms. The Hall–Kier alpha value is -4.66. The van der Waals surface area contributed by atoms with Gasteiger partial charge in [-0.2, -0.15) is 0 Å². The SMILES string of the molecule is CCCCCCCCCCCCCCCCC(=O)N[C@@H](CCC(=O)CCCOCCOCC(=O)CCCOCCOCC(=O)C[C@@H](CCC(=O)N[C@@H](CCC(=O)NCCCC[C@H](C)C(C)=O)C(=O)O)C(=O)O)C(=O)O. The van der Waals surface area contributed by atoms with Gasteiger partial charge in [-0.15, -0.1) is 0 Å². The van der Waals surface area contributed by atoms with Crippen LogP contribution in [0.15, 0.2) is 0 Å². The molecule has 0 aromatic carbocycles. The number of Topliss-reactive ketones (excluding diaryl/α,β-unsaturated/α-hetero) is 4. The first-order chi connectivity index (χ1) is 36.0. The lowest BCUT2D eigenvalue weighted by atomic mass is 9.97. The van der Waals surface area contributed by atoms with Crippen LogP contribution in [0, 0.1) is 11.8 Å². The number of ether oxygens (including phenoxy) is 4. The molecular weight excluding hydrogens is 975 g/mol. The molecule has 6 N–H and O–H groups in total. The number of carbonyl (C=O) groups is 10. The first-order valence-electron chi connectivity index (χ1n) is 27.9. The minimum Gasteiger partial charge on any atom is -0.481 e. The topological polar surface area (TPSA) is 304 Å². The fourth-order valence-electron chi connectivity index (χ4n) is 7.91. The Morgan fingerprint density at radius 2 is 0.867 bits per heavy atom. The van der Waals surface area contributed by atoms with E-state index in [0.717, 1.165) is 25.7 Å². The third kappa shape index (κ3) is 44.2. The number of hydrogen-bond acceptors (Lipinski definition) is 14. The molecule has 0 aliphatic carbocycles. The summed E-state index contributed by atoms with van der Waals surface area (Å²) in [7, 11) is 0. The van der Waals surface area contributed by atoms with E-state index < -0.39 is 54.0 Å². The largest absolute Gasteiger partial charge is 0.481 e. The van der Waals surface area contributed by atoms with Crippen LogP contribution in [0.3, 0.4) is 0 Å². The summed E-state index contributed by atoms with van der Waals surface area (Å²) in [6.07, 6.45) is 19.3. The van der Waals surface area contributed by atoms with Crippen LogP contribution in [0.4, 0.5) is 0 Å². The lowest BCUT2D eigenvalue weighted by Crippen LogP contribution is -2.42. The van der Waals surface area contributed by atoms with Crippen molar-refractivity contribution in [1.82, 2.24) is 16.0 Å². The van der Waals surface area contributed by atoms with Gasteiger partial charge in [0.1, 0.15) is 36.9 Å². The minimum atomic E-state index is -1.37. The van der Waals surface area contributed by atoms with Crippen LogP contribution < -0.4 is 16.0 Å². The number of rotatable bonds is 55. The van der Waals surface area contributed by atoms with Gasteiger partial charge in [-0.1, -0.05) is 104 Å². The van der Waals surface area contributed by atoms with Crippen molar-refractivity contribution in [3.05, 3.63) is 0 Å². The third-order valence-electron chi connectivity index (χ3n) is 12.8. The predicted molar refractivity (Wildman–Crippen MR) is 281 cm³/mol. The molecule has 0 bridgehead atoms. The second-order valence-corrected chi connectivity index (χ2v) is 19.6. The Bertz CT molecular complexity index is 1640. The molecule has 20 heteroatoms. The second kappa shape index (κ2) is 47.8. The van der Waals surface area contributed by atoms with Gasteiger partial charge in [-0.05, 0) is 58.3 Å². The van der Waals surface area contributed by atoms with Crippen molar-refractivity contribution < 1.29 is 82.2 Å². The Labute approximate surface area is 446 Å². The molecule has 0 rings (SSSR count). The van der Waals surface area contributed by atoms with Crippen molar-refractivity contribution in [2.75, 3.05) is 59.4 Å². The van der Waals surface area contributed by atoms with E-state index >= 15 is 0 Å². The quantitative estimate of drug-likeness (QED) is 0.0326. The number of ketones is 4. The molecule has 0 aromatic rings. The van der Waals surface area contributed by atoms with E-state index in [2.05, 4.69) is 22.9 Å². The minimum absolute atomic E-state index is 0.0264. The van der Waals surface area contributed by atoms with Crippen molar-refractivity contribution in [2.45, 2.75) is 219 Å². The summed E-state index contributed by atoms with van der Waals surface area (Å²) in [5, 5.41) is 36.2. The number of hydrogen-bond donors (Lipinski definition) is 6. The molecular formula is C55H95N3O17. The number of carbonyl (C=O) groups excluding carboxylic acids is 7. The van der Waals surface area contributed by atoms with Crippen LogP contribution in [0.2, 0.25) is 0 Å². The number of nitrogens with one attached hydrogen (secondary N) is 3. The van der Waals surface area contributed by atoms with E-state index in [1.165, 1.54) is 71.1 Å². The van der Waals surface area contributed by atoms with Crippen molar-refractivity contribution in [3.8, 4) is 0 Å². The number of carboxylic acids is 3. The van der Waals surface area contributed by atoms with Gasteiger partial charge in [0.25, 0.3) is 0 Å². The highest BCUT2D eigenvalue weighted by Gasteiger charge is 2.26. The van der Waals surface area contributed by atoms with Crippen LogP contribution in [0.1, 0.15) is 207 Å². The lowest BCUT2D eigenvalue weighted by Gasteiger charge is -2.16. The van der Waals surface area contributed by atoms with Crippen LogP contribution in [-0.2, 0) is 66.9 Å². The summed E-state index contributed by atoms with van der Waals surface area (Å²) >= 11 is 0. The third-order valence-corrected chi connectivity index (χ3v) is 12.8. The maximum absolute atomic E-state index is 12.5. The summed E-state index contributed by atoms with van der Waals surface area (Å²) < 4.78 is 21.6. The molecule has 4 atom stereocenters. The second-order valence-electron chi connectivity index (χ2n) is 19.6. The molecule has 0 heterocycles. The van der Waals surface area contributed by atoms with Gasteiger partial charge in [0, 0.05) is 70.6 Å². The Morgan fingerprint density at radius 3 is 1.37 bits per heavy atom. The highest BCUT2D eigenvalue weighted by atomic mass is 16.5. The smallest absolute Gasteiger partial charge is 0.326 e. The highest BCUT2D eigenvalue weighted by molar-refractivity contribution is 5.87. The Morgan fingerprint density at radius 1 is 0.413 bits per heavy atom. The molecule has 3 amide bonds. The molecule has 75 heavy (non-hydrogen) atoms. The molecule has 0 fully saturated rings. The van der Waals surface area contributed by atoms with Crippen molar-refractivity contribution in [1.29, 1.82) is 0 Å². The van der Waals surface area contributed by atoms with Crippen molar-refractivity contribution >= 4 is 58.8 Å². The first-order valence-corrected chi connectivity index (χ1v) is 27.9. The van der Waals surface area contributed by atoms with E-state index in [1.807, 2.05) is 6.92 Å². The van der Waals surface area contributed by atoms with E-state index in [1.54, 1.807) is 0 Å². The average molecular weight is 1070 g/mol.